The second kappa shape index (κ2) is 11.0. The largest absolute Gasteiger partial charge is 0.280 e. The van der Waals surface area contributed by atoms with Gasteiger partial charge in [0.15, 0.2) is 0 Å². The Bertz CT molecular complexity index is 1610. The third-order valence-electron chi connectivity index (χ3n) is 6.62. The van der Waals surface area contributed by atoms with Crippen LogP contribution in [0.5, 0.6) is 0 Å². The summed E-state index contributed by atoms with van der Waals surface area (Å²) in [7, 11) is -3.92. The number of halogens is 1. The van der Waals surface area contributed by atoms with E-state index in [9.17, 15) is 18.5 Å². The van der Waals surface area contributed by atoms with Crippen LogP contribution < -0.4 is 4.83 Å². The standard InChI is InChI=1S/C29H25ClN4O4S/c1-20-7-17-26(18-8-20)39(37,38)32-31-27(22-9-13-24(30)14-10-22)29-28(23-11-15-25(16-12-23)34(35)36)33(29)19-21-5-3-2-4-6-21/h2-18,28-29,32H,19H2,1H3/b31-27-/t28-,29+,33?/m0/s1. The average Bonchev–Trinajstić information content (AvgIpc) is 3.63. The van der Waals surface area contributed by atoms with Crippen LogP contribution in [0.4, 0.5) is 5.69 Å². The summed E-state index contributed by atoms with van der Waals surface area (Å²) in [4.78, 5) is 15.5. The fourth-order valence-electron chi connectivity index (χ4n) is 4.54. The second-order valence-corrected chi connectivity index (χ2v) is 11.4. The number of sulfonamides is 1. The quantitative estimate of drug-likeness (QED) is 0.119. The maximum atomic E-state index is 13.1. The zero-order valence-electron chi connectivity index (χ0n) is 20.9. The molecular formula is C29H25ClN4O4S. The molecule has 0 spiro atoms. The second-order valence-electron chi connectivity index (χ2n) is 9.31. The molecule has 3 atom stereocenters. The molecule has 39 heavy (non-hydrogen) atoms. The van der Waals surface area contributed by atoms with Gasteiger partial charge in [0, 0.05) is 23.7 Å². The molecule has 0 saturated carbocycles. The average molecular weight is 561 g/mol. The minimum Gasteiger partial charge on any atom is -0.280 e. The van der Waals surface area contributed by atoms with Gasteiger partial charge in [0.2, 0.25) is 0 Å². The molecule has 1 heterocycles. The van der Waals surface area contributed by atoms with E-state index in [0.717, 1.165) is 16.7 Å². The first-order chi connectivity index (χ1) is 18.7. The molecule has 8 nitrogen and oxygen atoms in total. The highest BCUT2D eigenvalue weighted by Crippen LogP contribution is 2.46. The maximum absolute atomic E-state index is 13.1. The summed E-state index contributed by atoms with van der Waals surface area (Å²) < 4.78 is 26.2. The minimum atomic E-state index is -3.92. The van der Waals surface area contributed by atoms with Gasteiger partial charge in [-0.3, -0.25) is 15.0 Å². The summed E-state index contributed by atoms with van der Waals surface area (Å²) >= 11 is 6.14. The number of hydrogen-bond acceptors (Lipinski definition) is 6. The summed E-state index contributed by atoms with van der Waals surface area (Å²) in [6.07, 6.45) is 0. The van der Waals surface area contributed by atoms with E-state index in [1.54, 1.807) is 48.5 Å². The SMILES string of the molecule is Cc1ccc(S(=O)(=O)N/N=C(/c2ccc(Cl)cc2)[C@@H]2[C@H](c3ccc([N+](=O)[O-])cc3)N2Cc2ccccc2)cc1. The van der Waals surface area contributed by atoms with E-state index in [0.29, 0.717) is 22.8 Å². The third kappa shape index (κ3) is 6.01. The van der Waals surface area contributed by atoms with Crippen molar-refractivity contribution in [3.63, 3.8) is 0 Å². The topological polar surface area (TPSA) is 105 Å². The van der Waals surface area contributed by atoms with E-state index >= 15 is 0 Å². The molecule has 1 aliphatic rings. The lowest BCUT2D eigenvalue weighted by Gasteiger charge is -2.10. The summed E-state index contributed by atoms with van der Waals surface area (Å²) in [5.41, 5.74) is 4.11. The maximum Gasteiger partial charge on any atom is 0.276 e. The van der Waals surface area contributed by atoms with Gasteiger partial charge in [0.05, 0.1) is 27.6 Å². The fourth-order valence-corrected chi connectivity index (χ4v) is 5.49. The van der Waals surface area contributed by atoms with Crippen LogP contribution in [0.15, 0.2) is 113 Å². The van der Waals surface area contributed by atoms with Crippen molar-refractivity contribution < 1.29 is 13.3 Å². The number of aryl methyl sites for hydroxylation is 1. The summed E-state index contributed by atoms with van der Waals surface area (Å²) in [6.45, 7) is 2.46. The molecule has 1 aliphatic heterocycles. The first-order valence-electron chi connectivity index (χ1n) is 12.2. The Kier molecular flexibility index (Phi) is 7.47. The molecule has 0 aliphatic carbocycles. The van der Waals surface area contributed by atoms with Gasteiger partial charge >= 0.3 is 0 Å². The number of nitro groups is 1. The highest BCUT2D eigenvalue weighted by molar-refractivity contribution is 7.89. The Balaban J connectivity index is 1.54. The number of benzene rings is 4. The van der Waals surface area contributed by atoms with Crippen molar-refractivity contribution >= 4 is 33.0 Å². The van der Waals surface area contributed by atoms with Crippen LogP contribution in [0.25, 0.3) is 0 Å². The molecule has 1 saturated heterocycles. The monoisotopic (exact) mass is 560 g/mol. The molecule has 10 heteroatoms. The molecule has 1 fully saturated rings. The van der Waals surface area contributed by atoms with Crippen molar-refractivity contribution in [1.29, 1.82) is 0 Å². The van der Waals surface area contributed by atoms with Crippen LogP contribution >= 0.6 is 11.6 Å². The highest BCUT2D eigenvalue weighted by atomic mass is 35.5. The highest BCUT2D eigenvalue weighted by Gasteiger charge is 2.52. The van der Waals surface area contributed by atoms with Gasteiger partial charge in [-0.2, -0.15) is 18.4 Å². The summed E-state index contributed by atoms with van der Waals surface area (Å²) in [5.74, 6) is 0. The fraction of sp³-hybridized carbons (Fsp3) is 0.138. The van der Waals surface area contributed by atoms with E-state index in [-0.39, 0.29) is 22.7 Å². The van der Waals surface area contributed by atoms with Crippen LogP contribution in [-0.4, -0.2) is 30.0 Å². The van der Waals surface area contributed by atoms with Gasteiger partial charge in [-0.1, -0.05) is 83.9 Å². The zero-order valence-corrected chi connectivity index (χ0v) is 22.5. The van der Waals surface area contributed by atoms with Crippen molar-refractivity contribution in [2.45, 2.75) is 30.4 Å². The lowest BCUT2D eigenvalue weighted by molar-refractivity contribution is -0.384. The molecule has 4 aromatic carbocycles. The van der Waals surface area contributed by atoms with Crippen molar-refractivity contribution in [1.82, 2.24) is 9.73 Å². The Morgan fingerprint density at radius 1 is 0.949 bits per heavy atom. The number of nitrogens with one attached hydrogen (secondary N) is 1. The molecule has 0 amide bonds. The smallest absolute Gasteiger partial charge is 0.276 e. The van der Waals surface area contributed by atoms with Crippen molar-refractivity contribution in [2.24, 2.45) is 5.10 Å². The van der Waals surface area contributed by atoms with Gasteiger partial charge in [0.25, 0.3) is 15.7 Å². The molecule has 5 rings (SSSR count). The number of hydrogen-bond donors (Lipinski definition) is 1. The van der Waals surface area contributed by atoms with Gasteiger partial charge in [-0.25, -0.2) is 0 Å². The van der Waals surface area contributed by atoms with E-state index in [1.807, 2.05) is 37.3 Å². The molecule has 1 unspecified atom stereocenters. The molecular weight excluding hydrogens is 536 g/mol. The third-order valence-corrected chi connectivity index (χ3v) is 8.09. The normalized spacial score (nSPS) is 18.9. The molecule has 0 aromatic heterocycles. The first-order valence-corrected chi connectivity index (χ1v) is 14.0. The summed E-state index contributed by atoms with van der Waals surface area (Å²) in [5, 5.41) is 16.2. The number of hydrazone groups is 1. The van der Waals surface area contributed by atoms with E-state index in [1.165, 1.54) is 24.3 Å². The number of rotatable bonds is 9. The van der Waals surface area contributed by atoms with Gasteiger partial charge in [0.1, 0.15) is 0 Å². The van der Waals surface area contributed by atoms with Crippen LogP contribution in [0.2, 0.25) is 5.02 Å². The first kappa shape index (κ1) is 26.6. The zero-order chi connectivity index (χ0) is 27.6. The van der Waals surface area contributed by atoms with E-state index in [4.69, 9.17) is 11.6 Å². The molecule has 4 aromatic rings. The molecule has 0 bridgehead atoms. The van der Waals surface area contributed by atoms with Crippen molar-refractivity contribution in [2.75, 3.05) is 0 Å². The van der Waals surface area contributed by atoms with Crippen molar-refractivity contribution in [3.8, 4) is 0 Å². The predicted molar refractivity (Wildman–Crippen MR) is 151 cm³/mol. The number of nitro benzene ring substituents is 1. The lowest BCUT2D eigenvalue weighted by atomic mass is 10.0. The predicted octanol–water partition coefficient (Wildman–Crippen LogP) is 5.86. The van der Waals surface area contributed by atoms with Crippen LogP contribution in [0.1, 0.15) is 28.3 Å². The van der Waals surface area contributed by atoms with Crippen LogP contribution in [0, 0.1) is 17.0 Å². The molecule has 198 valence electrons. The van der Waals surface area contributed by atoms with Gasteiger partial charge < -0.3 is 0 Å². The van der Waals surface area contributed by atoms with E-state index in [2.05, 4.69) is 14.8 Å². The Hall–Kier alpha value is -4.05. The van der Waals surface area contributed by atoms with Gasteiger partial charge in [-0.15, -0.1) is 0 Å². The number of non-ortho nitro benzene ring substituents is 1. The lowest BCUT2D eigenvalue weighted by Crippen LogP contribution is -2.24. The van der Waals surface area contributed by atoms with Crippen molar-refractivity contribution in [3.05, 3.63) is 141 Å². The Morgan fingerprint density at radius 3 is 2.21 bits per heavy atom. The van der Waals surface area contributed by atoms with Gasteiger partial charge in [-0.05, 0) is 47.9 Å². The number of nitrogens with zero attached hydrogens (tertiary/aromatic N) is 3. The van der Waals surface area contributed by atoms with Crippen LogP contribution in [-0.2, 0) is 16.6 Å². The minimum absolute atomic E-state index is 0.00279. The van der Waals surface area contributed by atoms with Crippen LogP contribution in [0.3, 0.4) is 0 Å². The van der Waals surface area contributed by atoms with E-state index < -0.39 is 14.9 Å². The molecule has 0 radical (unpaired) electrons. The Morgan fingerprint density at radius 2 is 1.59 bits per heavy atom. The summed E-state index contributed by atoms with van der Waals surface area (Å²) in [6, 6.07) is 29.4. The Labute approximate surface area is 231 Å². The molecule has 1 N–H and O–H groups in total.